The molecule has 1 saturated heterocycles. The highest BCUT2D eigenvalue weighted by molar-refractivity contribution is 14.0. The summed E-state index contributed by atoms with van der Waals surface area (Å²) in [5, 5.41) is 11.9. The molecular weight excluding hydrogens is 541 g/mol. The van der Waals surface area contributed by atoms with Crippen molar-refractivity contribution in [1.29, 1.82) is 0 Å². The lowest BCUT2D eigenvalue weighted by molar-refractivity contribution is 0.239. The van der Waals surface area contributed by atoms with E-state index in [4.69, 9.17) is 9.88 Å². The number of guanidine groups is 1. The molecule has 1 aliphatic heterocycles. The minimum Gasteiger partial charge on any atom is -0.496 e. The third-order valence-electron chi connectivity index (χ3n) is 5.45. The fourth-order valence-corrected chi connectivity index (χ4v) is 4.45. The van der Waals surface area contributed by atoms with Gasteiger partial charge in [-0.15, -0.1) is 24.0 Å². The highest BCUT2D eigenvalue weighted by atomic mass is 127. The number of primary sulfonamides is 1. The van der Waals surface area contributed by atoms with Gasteiger partial charge in [-0.25, -0.2) is 13.6 Å². The summed E-state index contributed by atoms with van der Waals surface area (Å²) in [7, 11) is -0.318. The average molecular weight is 574 g/mol. The van der Waals surface area contributed by atoms with E-state index in [0.717, 1.165) is 30.0 Å². The molecule has 8 nitrogen and oxygen atoms in total. The molecule has 0 bridgehead atoms. The Kier molecular flexibility index (Phi) is 10.2. The Morgan fingerprint density at radius 3 is 2.53 bits per heavy atom. The summed E-state index contributed by atoms with van der Waals surface area (Å²) >= 11 is 0. The SMILES string of the molecule is CN=C(NCc1cccc(S(N)(=O)=O)c1)NCC(c1ccccc1OC)N1CCCC1.I. The molecule has 1 heterocycles. The van der Waals surface area contributed by atoms with Gasteiger partial charge in [0.25, 0.3) is 0 Å². The van der Waals surface area contributed by atoms with Gasteiger partial charge in [-0.1, -0.05) is 30.3 Å². The molecule has 4 N–H and O–H groups in total. The Morgan fingerprint density at radius 1 is 1.16 bits per heavy atom. The van der Waals surface area contributed by atoms with E-state index in [1.165, 1.54) is 18.9 Å². The van der Waals surface area contributed by atoms with E-state index in [2.05, 4.69) is 26.6 Å². The zero-order valence-electron chi connectivity index (χ0n) is 18.5. The molecule has 1 atom stereocenters. The smallest absolute Gasteiger partial charge is 0.238 e. The Labute approximate surface area is 207 Å². The molecule has 2 aromatic rings. The molecule has 0 spiro atoms. The Hall–Kier alpha value is -1.89. The molecule has 1 fully saturated rings. The van der Waals surface area contributed by atoms with Gasteiger partial charge < -0.3 is 15.4 Å². The topological polar surface area (TPSA) is 109 Å². The van der Waals surface area contributed by atoms with Crippen molar-refractivity contribution in [3.8, 4) is 5.75 Å². The van der Waals surface area contributed by atoms with Crippen molar-refractivity contribution in [2.45, 2.75) is 30.3 Å². The molecule has 176 valence electrons. The summed E-state index contributed by atoms with van der Waals surface area (Å²) in [6.45, 7) is 3.19. The van der Waals surface area contributed by atoms with E-state index < -0.39 is 10.0 Å². The number of hydrogen-bond acceptors (Lipinski definition) is 5. The van der Waals surface area contributed by atoms with Crippen LogP contribution in [0.5, 0.6) is 5.75 Å². The molecule has 0 aromatic heterocycles. The standard InChI is InChI=1S/C22H31N5O3S.HI/c1-24-22(25-15-17-8-7-9-18(14-17)31(23,28)29)26-16-20(27-12-5-6-13-27)19-10-3-4-11-21(19)30-2;/h3-4,7-11,14,20H,5-6,12-13,15-16H2,1-2H3,(H2,23,28,29)(H2,24,25,26);1H. The number of ether oxygens (including phenoxy) is 1. The van der Waals surface area contributed by atoms with Gasteiger partial charge in [-0.05, 0) is 49.7 Å². The molecular formula is C22H32IN5O3S. The maximum atomic E-state index is 11.6. The Bertz CT molecular complexity index is 1010. The van der Waals surface area contributed by atoms with Gasteiger partial charge in [0, 0.05) is 25.7 Å². The van der Waals surface area contributed by atoms with Crippen LogP contribution in [0, 0.1) is 0 Å². The number of aliphatic imine (C=N–C) groups is 1. The second-order valence-electron chi connectivity index (χ2n) is 7.50. The van der Waals surface area contributed by atoms with Crippen LogP contribution >= 0.6 is 24.0 Å². The van der Waals surface area contributed by atoms with E-state index in [9.17, 15) is 8.42 Å². The summed E-state index contributed by atoms with van der Waals surface area (Å²) in [4.78, 5) is 6.87. The normalized spacial score (nSPS) is 15.7. The third-order valence-corrected chi connectivity index (χ3v) is 6.36. The molecule has 2 aromatic carbocycles. The van der Waals surface area contributed by atoms with Crippen molar-refractivity contribution in [2.24, 2.45) is 10.1 Å². The number of halogens is 1. The van der Waals surface area contributed by atoms with Gasteiger partial charge >= 0.3 is 0 Å². The Balaban J connectivity index is 0.00000363. The zero-order valence-corrected chi connectivity index (χ0v) is 21.6. The highest BCUT2D eigenvalue weighted by Gasteiger charge is 2.26. The first-order chi connectivity index (χ1) is 14.9. The minimum atomic E-state index is -3.73. The molecule has 1 aliphatic rings. The van der Waals surface area contributed by atoms with Gasteiger partial charge in [0.2, 0.25) is 10.0 Å². The van der Waals surface area contributed by atoms with Crippen LogP contribution in [-0.4, -0.2) is 53.1 Å². The van der Waals surface area contributed by atoms with E-state index in [1.807, 2.05) is 24.3 Å². The van der Waals surface area contributed by atoms with Crippen molar-refractivity contribution in [2.75, 3.05) is 33.8 Å². The molecule has 1 unspecified atom stereocenters. The fraction of sp³-hybridized carbons (Fsp3) is 0.409. The number of sulfonamides is 1. The molecule has 0 saturated carbocycles. The summed E-state index contributed by atoms with van der Waals surface area (Å²) in [6, 6.07) is 14.8. The quantitative estimate of drug-likeness (QED) is 0.255. The lowest BCUT2D eigenvalue weighted by atomic mass is 10.0. The summed E-state index contributed by atoms with van der Waals surface area (Å²) in [5.41, 5.74) is 1.95. The second kappa shape index (κ2) is 12.4. The number of methoxy groups -OCH3 is 1. The zero-order chi connectivity index (χ0) is 22.3. The summed E-state index contributed by atoms with van der Waals surface area (Å²) < 4.78 is 28.8. The number of hydrogen-bond donors (Lipinski definition) is 3. The van der Waals surface area contributed by atoms with Gasteiger partial charge in [-0.2, -0.15) is 0 Å². The number of rotatable bonds is 8. The van der Waals surface area contributed by atoms with Crippen LogP contribution in [0.3, 0.4) is 0 Å². The molecule has 0 amide bonds. The number of benzene rings is 2. The third kappa shape index (κ3) is 7.06. The van der Waals surface area contributed by atoms with Crippen molar-refractivity contribution in [1.82, 2.24) is 15.5 Å². The van der Waals surface area contributed by atoms with Crippen molar-refractivity contribution in [3.63, 3.8) is 0 Å². The maximum Gasteiger partial charge on any atom is 0.238 e. The first kappa shape index (κ1) is 26.4. The largest absolute Gasteiger partial charge is 0.496 e. The van der Waals surface area contributed by atoms with Crippen molar-refractivity contribution >= 4 is 40.0 Å². The number of likely N-dealkylation sites (tertiary alicyclic amines) is 1. The number of nitrogens with two attached hydrogens (primary N) is 1. The van der Waals surface area contributed by atoms with Gasteiger partial charge in [0.1, 0.15) is 5.75 Å². The van der Waals surface area contributed by atoms with Gasteiger partial charge in [0.05, 0.1) is 18.0 Å². The predicted octanol–water partition coefficient (Wildman–Crippen LogP) is 2.46. The fourth-order valence-electron chi connectivity index (χ4n) is 3.86. The van der Waals surface area contributed by atoms with Crippen LogP contribution in [0.15, 0.2) is 58.4 Å². The van der Waals surface area contributed by atoms with Crippen LogP contribution in [0.1, 0.15) is 30.0 Å². The second-order valence-corrected chi connectivity index (χ2v) is 9.06. The summed E-state index contributed by atoms with van der Waals surface area (Å²) in [6.07, 6.45) is 2.39. The van der Waals surface area contributed by atoms with Gasteiger partial charge in [-0.3, -0.25) is 9.89 Å². The molecule has 0 aliphatic carbocycles. The average Bonchev–Trinajstić information content (AvgIpc) is 3.30. The van der Waals surface area contributed by atoms with Crippen LogP contribution in [0.25, 0.3) is 0 Å². The lowest BCUT2D eigenvalue weighted by Gasteiger charge is -2.30. The van der Waals surface area contributed by atoms with E-state index in [-0.39, 0.29) is 34.9 Å². The first-order valence-electron chi connectivity index (χ1n) is 10.4. The molecule has 10 heteroatoms. The number of nitrogens with zero attached hydrogens (tertiary/aromatic N) is 2. The number of nitrogens with one attached hydrogen (secondary N) is 2. The van der Waals surface area contributed by atoms with Crippen LogP contribution in [0.4, 0.5) is 0 Å². The minimum absolute atomic E-state index is 0. The van der Waals surface area contributed by atoms with Crippen LogP contribution in [0.2, 0.25) is 0 Å². The molecule has 3 rings (SSSR count). The van der Waals surface area contributed by atoms with Crippen LogP contribution in [-0.2, 0) is 16.6 Å². The Morgan fingerprint density at radius 2 is 1.88 bits per heavy atom. The van der Waals surface area contributed by atoms with Crippen molar-refractivity contribution in [3.05, 3.63) is 59.7 Å². The summed E-state index contributed by atoms with van der Waals surface area (Å²) in [5.74, 6) is 1.52. The van der Waals surface area contributed by atoms with E-state index >= 15 is 0 Å². The first-order valence-corrected chi connectivity index (χ1v) is 11.9. The highest BCUT2D eigenvalue weighted by Crippen LogP contribution is 2.31. The maximum absolute atomic E-state index is 11.6. The predicted molar refractivity (Wildman–Crippen MR) is 138 cm³/mol. The van der Waals surface area contributed by atoms with Gasteiger partial charge in [0.15, 0.2) is 5.96 Å². The van der Waals surface area contributed by atoms with E-state index in [1.54, 1.807) is 26.3 Å². The van der Waals surface area contributed by atoms with Crippen molar-refractivity contribution < 1.29 is 13.2 Å². The number of para-hydroxylation sites is 1. The molecule has 32 heavy (non-hydrogen) atoms. The molecule has 0 radical (unpaired) electrons. The van der Waals surface area contributed by atoms with E-state index in [0.29, 0.717) is 19.0 Å². The lowest BCUT2D eigenvalue weighted by Crippen LogP contribution is -2.42. The van der Waals surface area contributed by atoms with Crippen LogP contribution < -0.4 is 20.5 Å². The monoisotopic (exact) mass is 573 g/mol.